The molecule has 1 aromatic heterocycles. The van der Waals surface area contributed by atoms with E-state index in [0.29, 0.717) is 12.8 Å². The molecular formula is C11H17N5O5. The van der Waals surface area contributed by atoms with Gasteiger partial charge in [-0.2, -0.15) is 0 Å². The van der Waals surface area contributed by atoms with Crippen molar-refractivity contribution in [2.75, 3.05) is 0 Å². The first-order valence-corrected chi connectivity index (χ1v) is 6.40. The minimum Gasteiger partial charge on any atom is -0.294 e. The summed E-state index contributed by atoms with van der Waals surface area (Å²) in [7, 11) is 0. The smallest absolute Gasteiger partial charge is 0.294 e. The zero-order valence-corrected chi connectivity index (χ0v) is 11.6. The number of nitrogens with one attached hydrogen (secondary N) is 1. The first-order chi connectivity index (χ1) is 9.92. The molecule has 1 rings (SSSR count). The zero-order chi connectivity index (χ0) is 16.0. The van der Waals surface area contributed by atoms with Crippen molar-refractivity contribution in [3.8, 4) is 0 Å². The van der Waals surface area contributed by atoms with Gasteiger partial charge in [-0.25, -0.2) is 10.6 Å². The molecular weight excluding hydrogens is 282 g/mol. The van der Waals surface area contributed by atoms with E-state index in [2.05, 4.69) is 0 Å². The molecule has 21 heavy (non-hydrogen) atoms. The SMILES string of the molecule is CCn1cc([N+](=O)[O-])c(=O)n(CCCCC(=O)NN)c1=O. The number of aryl methyl sites for hydroxylation is 1. The molecule has 1 amide bonds. The van der Waals surface area contributed by atoms with Gasteiger partial charge in [0.05, 0.1) is 11.1 Å². The molecule has 10 heteroatoms. The molecule has 0 aliphatic carbocycles. The Labute approximate surface area is 119 Å². The Morgan fingerprint density at radius 3 is 2.62 bits per heavy atom. The molecule has 0 aliphatic heterocycles. The minimum atomic E-state index is -0.932. The van der Waals surface area contributed by atoms with Crippen LogP contribution in [0.5, 0.6) is 0 Å². The Bertz CT molecular complexity index is 647. The molecule has 0 radical (unpaired) electrons. The highest BCUT2D eigenvalue weighted by molar-refractivity contribution is 5.75. The summed E-state index contributed by atoms with van der Waals surface area (Å²) in [6.07, 6.45) is 1.86. The number of rotatable bonds is 7. The molecule has 116 valence electrons. The predicted octanol–water partition coefficient (Wildman–Crippen LogP) is -0.902. The fraction of sp³-hybridized carbons (Fsp3) is 0.545. The van der Waals surface area contributed by atoms with Gasteiger partial charge in [0, 0.05) is 19.5 Å². The van der Waals surface area contributed by atoms with Crippen LogP contribution in [0, 0.1) is 10.1 Å². The first kappa shape index (κ1) is 16.6. The lowest BCUT2D eigenvalue weighted by atomic mass is 10.2. The summed E-state index contributed by atoms with van der Waals surface area (Å²) in [6.45, 7) is 1.87. The number of carbonyl (C=O) groups excluding carboxylic acids is 1. The number of hydrazine groups is 1. The van der Waals surface area contributed by atoms with E-state index in [1.165, 1.54) is 0 Å². The summed E-state index contributed by atoms with van der Waals surface area (Å²) >= 11 is 0. The third kappa shape index (κ3) is 3.99. The molecule has 0 unspecified atom stereocenters. The van der Waals surface area contributed by atoms with Crippen molar-refractivity contribution in [3.63, 3.8) is 0 Å². The number of aromatic nitrogens is 2. The number of nitrogens with zero attached hydrogens (tertiary/aromatic N) is 3. The average Bonchev–Trinajstić information content (AvgIpc) is 2.45. The van der Waals surface area contributed by atoms with Gasteiger partial charge in [0.25, 0.3) is 0 Å². The second-order valence-electron chi connectivity index (χ2n) is 4.32. The van der Waals surface area contributed by atoms with Crippen molar-refractivity contribution in [1.29, 1.82) is 0 Å². The fourth-order valence-electron chi connectivity index (χ4n) is 1.81. The monoisotopic (exact) mass is 299 g/mol. The Morgan fingerprint density at radius 1 is 1.43 bits per heavy atom. The molecule has 0 saturated carbocycles. The van der Waals surface area contributed by atoms with E-state index in [4.69, 9.17) is 5.84 Å². The zero-order valence-electron chi connectivity index (χ0n) is 11.6. The molecule has 0 saturated heterocycles. The highest BCUT2D eigenvalue weighted by atomic mass is 16.6. The number of hydrogen-bond donors (Lipinski definition) is 2. The lowest BCUT2D eigenvalue weighted by Crippen LogP contribution is -2.40. The van der Waals surface area contributed by atoms with Gasteiger partial charge in [-0.1, -0.05) is 0 Å². The number of nitro groups is 1. The summed E-state index contributed by atoms with van der Waals surface area (Å²) in [6, 6.07) is 0. The predicted molar refractivity (Wildman–Crippen MR) is 73.5 cm³/mol. The van der Waals surface area contributed by atoms with E-state index in [9.17, 15) is 24.5 Å². The highest BCUT2D eigenvalue weighted by Crippen LogP contribution is 2.02. The van der Waals surface area contributed by atoms with Crippen molar-refractivity contribution in [1.82, 2.24) is 14.6 Å². The van der Waals surface area contributed by atoms with Crippen LogP contribution in [0.15, 0.2) is 15.8 Å². The number of carbonyl (C=O) groups is 1. The third-order valence-corrected chi connectivity index (χ3v) is 2.95. The Balaban J connectivity index is 2.98. The molecule has 3 N–H and O–H groups in total. The largest absolute Gasteiger partial charge is 0.350 e. The standard InChI is InChI=1S/C11H17N5O5/c1-2-14-7-8(16(20)21)10(18)15(11(14)19)6-4-3-5-9(17)13-12/h7H,2-6,12H2,1H3,(H,13,17). The minimum absolute atomic E-state index is 0.0111. The lowest BCUT2D eigenvalue weighted by Gasteiger charge is -2.08. The van der Waals surface area contributed by atoms with E-state index in [0.717, 1.165) is 15.3 Å². The first-order valence-electron chi connectivity index (χ1n) is 6.40. The van der Waals surface area contributed by atoms with Crippen LogP contribution in [0.3, 0.4) is 0 Å². The van der Waals surface area contributed by atoms with Gasteiger partial charge in [0.1, 0.15) is 0 Å². The van der Waals surface area contributed by atoms with Gasteiger partial charge in [-0.05, 0) is 19.8 Å². The maximum absolute atomic E-state index is 12.0. The average molecular weight is 299 g/mol. The van der Waals surface area contributed by atoms with Gasteiger partial charge in [-0.3, -0.25) is 34.3 Å². The molecule has 1 heterocycles. The molecule has 0 aromatic carbocycles. The van der Waals surface area contributed by atoms with Crippen molar-refractivity contribution in [3.05, 3.63) is 37.1 Å². The second kappa shape index (κ2) is 7.33. The second-order valence-corrected chi connectivity index (χ2v) is 4.32. The van der Waals surface area contributed by atoms with E-state index in [1.54, 1.807) is 6.92 Å². The van der Waals surface area contributed by atoms with Gasteiger partial charge in [0.2, 0.25) is 5.91 Å². The number of amides is 1. The summed E-state index contributed by atoms with van der Waals surface area (Å²) in [5.74, 6) is 4.57. The van der Waals surface area contributed by atoms with Gasteiger partial charge < -0.3 is 0 Å². The molecule has 0 atom stereocenters. The lowest BCUT2D eigenvalue weighted by molar-refractivity contribution is -0.387. The van der Waals surface area contributed by atoms with Crippen molar-refractivity contribution in [2.24, 2.45) is 5.84 Å². The highest BCUT2D eigenvalue weighted by Gasteiger charge is 2.19. The molecule has 10 nitrogen and oxygen atoms in total. The van der Waals surface area contributed by atoms with Crippen LogP contribution < -0.4 is 22.5 Å². The van der Waals surface area contributed by atoms with Gasteiger partial charge in [0.15, 0.2) is 0 Å². The number of hydrogen-bond acceptors (Lipinski definition) is 6. The van der Waals surface area contributed by atoms with Crippen LogP contribution >= 0.6 is 0 Å². The molecule has 0 aliphatic rings. The summed E-state index contributed by atoms with van der Waals surface area (Å²) in [5, 5.41) is 10.8. The topological polar surface area (TPSA) is 142 Å². The van der Waals surface area contributed by atoms with E-state index in [1.807, 2.05) is 5.43 Å². The molecule has 0 spiro atoms. The summed E-state index contributed by atoms with van der Waals surface area (Å²) in [4.78, 5) is 44.8. The maximum Gasteiger partial charge on any atom is 0.350 e. The number of nitrogens with two attached hydrogens (primary N) is 1. The quantitative estimate of drug-likeness (QED) is 0.219. The van der Waals surface area contributed by atoms with Crippen LogP contribution in [-0.4, -0.2) is 20.0 Å². The fourth-order valence-corrected chi connectivity index (χ4v) is 1.81. The van der Waals surface area contributed by atoms with Crippen LogP contribution in [0.4, 0.5) is 5.69 Å². The summed E-state index contributed by atoms with van der Waals surface area (Å²) < 4.78 is 1.92. The third-order valence-electron chi connectivity index (χ3n) is 2.95. The van der Waals surface area contributed by atoms with Crippen molar-refractivity contribution in [2.45, 2.75) is 39.3 Å². The molecule has 0 bridgehead atoms. The maximum atomic E-state index is 12.0. The normalized spacial score (nSPS) is 10.4. The molecule has 0 fully saturated rings. The van der Waals surface area contributed by atoms with Crippen LogP contribution in [0.25, 0.3) is 0 Å². The Hall–Kier alpha value is -2.49. The van der Waals surface area contributed by atoms with E-state index < -0.39 is 21.9 Å². The van der Waals surface area contributed by atoms with Crippen LogP contribution in [-0.2, 0) is 17.9 Å². The van der Waals surface area contributed by atoms with Crippen molar-refractivity contribution >= 4 is 11.6 Å². The van der Waals surface area contributed by atoms with Gasteiger partial charge >= 0.3 is 16.9 Å². The Kier molecular flexibility index (Phi) is 5.79. The van der Waals surface area contributed by atoms with Crippen LogP contribution in [0.1, 0.15) is 26.2 Å². The Morgan fingerprint density at radius 2 is 2.10 bits per heavy atom. The van der Waals surface area contributed by atoms with Crippen molar-refractivity contribution < 1.29 is 9.72 Å². The molecule has 1 aromatic rings. The van der Waals surface area contributed by atoms with Gasteiger partial charge in [-0.15, -0.1) is 0 Å². The number of unbranched alkanes of at least 4 members (excludes halogenated alkanes) is 1. The van der Waals surface area contributed by atoms with E-state index >= 15 is 0 Å². The van der Waals surface area contributed by atoms with E-state index in [-0.39, 0.29) is 25.4 Å². The summed E-state index contributed by atoms with van der Waals surface area (Å²) in [5.41, 5.74) is -0.209. The van der Waals surface area contributed by atoms with Crippen LogP contribution in [0.2, 0.25) is 0 Å².